The van der Waals surface area contributed by atoms with Crippen LogP contribution in [0.2, 0.25) is 0 Å². The van der Waals surface area contributed by atoms with E-state index in [1.165, 1.54) is 5.56 Å². The van der Waals surface area contributed by atoms with Crippen LogP contribution in [0.3, 0.4) is 0 Å². The van der Waals surface area contributed by atoms with Gasteiger partial charge in [-0.2, -0.15) is 4.98 Å². The SMILES string of the molecule is Cc1ccc(-c2noc(CN3CCN(C(=O)OC(C)(C)C)CC3)n2)cc1. The Hall–Kier alpha value is -2.41. The largest absolute Gasteiger partial charge is 0.444 e. The summed E-state index contributed by atoms with van der Waals surface area (Å²) in [6.45, 7) is 11.0. The lowest BCUT2D eigenvalue weighted by Gasteiger charge is -2.34. The second-order valence-electron chi connectivity index (χ2n) is 7.62. The Morgan fingerprint density at radius 1 is 1.15 bits per heavy atom. The van der Waals surface area contributed by atoms with Crippen molar-refractivity contribution in [1.29, 1.82) is 0 Å². The number of aromatic nitrogens is 2. The Bertz CT molecular complexity index is 741. The van der Waals surface area contributed by atoms with Gasteiger partial charge in [0.2, 0.25) is 11.7 Å². The average Bonchev–Trinajstić information content (AvgIpc) is 3.03. The van der Waals surface area contributed by atoms with Crippen LogP contribution < -0.4 is 0 Å². The number of benzene rings is 1. The molecule has 0 N–H and O–H groups in total. The number of piperazine rings is 1. The minimum Gasteiger partial charge on any atom is -0.444 e. The highest BCUT2D eigenvalue weighted by Gasteiger charge is 2.26. The van der Waals surface area contributed by atoms with Crippen LogP contribution in [0.1, 0.15) is 32.2 Å². The van der Waals surface area contributed by atoms with Gasteiger partial charge in [-0.05, 0) is 27.7 Å². The minimum atomic E-state index is -0.468. The molecule has 0 aliphatic carbocycles. The van der Waals surface area contributed by atoms with E-state index in [2.05, 4.69) is 15.0 Å². The molecule has 1 aromatic carbocycles. The molecule has 0 unspecified atom stereocenters. The Kier molecular flexibility index (Phi) is 5.27. The number of amides is 1. The van der Waals surface area contributed by atoms with Crippen molar-refractivity contribution in [2.75, 3.05) is 26.2 Å². The van der Waals surface area contributed by atoms with Gasteiger partial charge in [-0.3, -0.25) is 4.90 Å². The molecule has 2 heterocycles. The molecule has 26 heavy (non-hydrogen) atoms. The Morgan fingerprint density at radius 2 is 1.81 bits per heavy atom. The van der Waals surface area contributed by atoms with Crippen molar-refractivity contribution in [3.8, 4) is 11.4 Å². The first kappa shape index (κ1) is 18.4. The molecule has 7 nitrogen and oxygen atoms in total. The van der Waals surface area contributed by atoms with Crippen LogP contribution >= 0.6 is 0 Å². The zero-order chi connectivity index (χ0) is 18.7. The van der Waals surface area contributed by atoms with E-state index >= 15 is 0 Å². The zero-order valence-corrected chi connectivity index (χ0v) is 15.9. The molecule has 0 atom stereocenters. The molecular formula is C19H26N4O3. The molecule has 0 saturated carbocycles. The fourth-order valence-electron chi connectivity index (χ4n) is 2.75. The number of carbonyl (C=O) groups is 1. The summed E-state index contributed by atoms with van der Waals surface area (Å²) in [6.07, 6.45) is -0.253. The molecule has 1 saturated heterocycles. The first-order chi connectivity index (χ1) is 12.3. The van der Waals surface area contributed by atoms with Gasteiger partial charge in [-0.15, -0.1) is 0 Å². The highest BCUT2D eigenvalue weighted by molar-refractivity contribution is 5.68. The van der Waals surface area contributed by atoms with Gasteiger partial charge in [0.1, 0.15) is 5.60 Å². The number of carbonyl (C=O) groups excluding carboxylic acids is 1. The number of hydrogen-bond acceptors (Lipinski definition) is 6. The smallest absolute Gasteiger partial charge is 0.410 e. The second-order valence-corrected chi connectivity index (χ2v) is 7.62. The third-order valence-electron chi connectivity index (χ3n) is 4.16. The van der Waals surface area contributed by atoms with Gasteiger partial charge in [0.05, 0.1) is 6.54 Å². The van der Waals surface area contributed by atoms with Crippen molar-refractivity contribution in [3.05, 3.63) is 35.7 Å². The van der Waals surface area contributed by atoms with Crippen molar-refractivity contribution >= 4 is 6.09 Å². The van der Waals surface area contributed by atoms with E-state index in [1.807, 2.05) is 52.0 Å². The molecule has 1 aliphatic rings. The first-order valence-electron chi connectivity index (χ1n) is 8.90. The summed E-state index contributed by atoms with van der Waals surface area (Å²) in [7, 11) is 0. The van der Waals surface area contributed by atoms with Gasteiger partial charge < -0.3 is 14.2 Å². The minimum absolute atomic E-state index is 0.253. The lowest BCUT2D eigenvalue weighted by Crippen LogP contribution is -2.49. The molecule has 2 aromatic rings. The molecule has 1 aliphatic heterocycles. The highest BCUT2D eigenvalue weighted by Crippen LogP contribution is 2.18. The van der Waals surface area contributed by atoms with Crippen LogP contribution in [-0.4, -0.2) is 57.8 Å². The average molecular weight is 358 g/mol. The number of ether oxygens (including phenoxy) is 1. The standard InChI is InChI=1S/C19H26N4O3/c1-14-5-7-15(8-6-14)17-20-16(26-21-17)13-22-9-11-23(12-10-22)18(24)25-19(2,3)4/h5-8H,9-13H2,1-4H3. The molecule has 1 fully saturated rings. The number of aryl methyl sites for hydroxylation is 1. The summed E-state index contributed by atoms with van der Waals surface area (Å²) in [5.74, 6) is 1.19. The van der Waals surface area contributed by atoms with Crippen LogP contribution in [0.25, 0.3) is 11.4 Å². The molecule has 0 spiro atoms. The maximum Gasteiger partial charge on any atom is 0.410 e. The van der Waals surface area contributed by atoms with Crippen molar-refractivity contribution in [1.82, 2.24) is 19.9 Å². The topological polar surface area (TPSA) is 71.7 Å². The van der Waals surface area contributed by atoms with Gasteiger partial charge in [-0.25, -0.2) is 4.79 Å². The van der Waals surface area contributed by atoms with E-state index in [-0.39, 0.29) is 6.09 Å². The summed E-state index contributed by atoms with van der Waals surface area (Å²) >= 11 is 0. The molecule has 1 aromatic heterocycles. The molecule has 0 radical (unpaired) electrons. The maximum atomic E-state index is 12.1. The quantitative estimate of drug-likeness (QED) is 0.840. The van der Waals surface area contributed by atoms with Crippen LogP contribution in [0.4, 0.5) is 4.79 Å². The van der Waals surface area contributed by atoms with E-state index in [0.717, 1.165) is 18.7 Å². The zero-order valence-electron chi connectivity index (χ0n) is 15.9. The Balaban J connectivity index is 1.52. The number of hydrogen-bond donors (Lipinski definition) is 0. The third-order valence-corrected chi connectivity index (χ3v) is 4.16. The van der Waals surface area contributed by atoms with E-state index in [1.54, 1.807) is 4.90 Å². The number of nitrogens with zero attached hydrogens (tertiary/aromatic N) is 4. The van der Waals surface area contributed by atoms with Crippen LogP contribution in [0.15, 0.2) is 28.8 Å². The van der Waals surface area contributed by atoms with Crippen molar-refractivity contribution in [2.24, 2.45) is 0 Å². The van der Waals surface area contributed by atoms with Gasteiger partial charge in [0, 0.05) is 31.7 Å². The first-order valence-corrected chi connectivity index (χ1v) is 8.90. The van der Waals surface area contributed by atoms with Gasteiger partial charge in [0.25, 0.3) is 0 Å². The summed E-state index contributed by atoms with van der Waals surface area (Å²) in [4.78, 5) is 20.5. The van der Waals surface area contributed by atoms with E-state index < -0.39 is 5.60 Å². The van der Waals surface area contributed by atoms with Crippen molar-refractivity contribution < 1.29 is 14.1 Å². The molecule has 1 amide bonds. The van der Waals surface area contributed by atoms with E-state index in [0.29, 0.717) is 31.3 Å². The summed E-state index contributed by atoms with van der Waals surface area (Å²) in [5, 5.41) is 4.07. The summed E-state index contributed by atoms with van der Waals surface area (Å²) in [6, 6.07) is 8.04. The predicted octanol–water partition coefficient (Wildman–Crippen LogP) is 3.10. The summed E-state index contributed by atoms with van der Waals surface area (Å²) in [5.41, 5.74) is 1.67. The van der Waals surface area contributed by atoms with Crippen molar-refractivity contribution in [3.63, 3.8) is 0 Å². The van der Waals surface area contributed by atoms with Gasteiger partial charge >= 0.3 is 6.09 Å². The second kappa shape index (κ2) is 7.45. The fourth-order valence-corrected chi connectivity index (χ4v) is 2.75. The monoisotopic (exact) mass is 358 g/mol. The predicted molar refractivity (Wildman–Crippen MR) is 97.6 cm³/mol. The van der Waals surface area contributed by atoms with Gasteiger partial charge in [0.15, 0.2) is 0 Å². The summed E-state index contributed by atoms with van der Waals surface area (Å²) < 4.78 is 10.8. The molecular weight excluding hydrogens is 332 g/mol. The number of rotatable bonds is 3. The normalized spacial score (nSPS) is 15.9. The molecule has 3 rings (SSSR count). The molecule has 140 valence electrons. The third kappa shape index (κ3) is 4.82. The lowest BCUT2D eigenvalue weighted by atomic mass is 10.1. The van der Waals surface area contributed by atoms with E-state index in [4.69, 9.17) is 9.26 Å². The molecule has 7 heteroatoms. The van der Waals surface area contributed by atoms with Crippen LogP contribution in [-0.2, 0) is 11.3 Å². The van der Waals surface area contributed by atoms with Crippen molar-refractivity contribution in [2.45, 2.75) is 39.8 Å². The van der Waals surface area contributed by atoms with Crippen LogP contribution in [0.5, 0.6) is 0 Å². The Morgan fingerprint density at radius 3 is 2.42 bits per heavy atom. The lowest BCUT2D eigenvalue weighted by molar-refractivity contribution is 0.0132. The molecule has 0 bridgehead atoms. The Labute approximate surface area is 153 Å². The highest BCUT2D eigenvalue weighted by atomic mass is 16.6. The fraction of sp³-hybridized carbons (Fsp3) is 0.526. The van der Waals surface area contributed by atoms with Crippen LogP contribution in [0, 0.1) is 6.92 Å². The van der Waals surface area contributed by atoms with Gasteiger partial charge in [-0.1, -0.05) is 35.0 Å². The maximum absolute atomic E-state index is 12.1. The van der Waals surface area contributed by atoms with E-state index in [9.17, 15) is 4.79 Å².